The van der Waals surface area contributed by atoms with Gasteiger partial charge in [-0.3, -0.25) is 14.2 Å². The molecule has 5 rings (SSSR count). The second kappa shape index (κ2) is 10.3. The van der Waals surface area contributed by atoms with E-state index < -0.39 is 0 Å². The Morgan fingerprint density at radius 3 is 2.67 bits per heavy atom. The summed E-state index contributed by atoms with van der Waals surface area (Å²) in [4.78, 5) is 35.7. The number of likely N-dealkylation sites (N-methyl/N-ethyl adjacent to an activating group) is 1. The first kappa shape index (κ1) is 24.4. The molecule has 0 fully saturated rings. The third-order valence-electron chi connectivity index (χ3n) is 6.05. The fraction of sp³-hybridized carbons (Fsp3) is 0.269. The maximum Gasteiger partial charge on any atom is 0.267 e. The number of rotatable bonds is 7. The van der Waals surface area contributed by atoms with Crippen molar-refractivity contribution in [3.05, 3.63) is 69.3 Å². The van der Waals surface area contributed by atoms with E-state index in [0.29, 0.717) is 33.4 Å². The van der Waals surface area contributed by atoms with Gasteiger partial charge >= 0.3 is 0 Å². The first-order valence-corrected chi connectivity index (χ1v) is 13.2. The number of nitrogens with zero attached hydrogens (tertiary/aromatic N) is 3. The highest BCUT2D eigenvalue weighted by molar-refractivity contribution is 7.99. The van der Waals surface area contributed by atoms with Crippen LogP contribution in [-0.4, -0.2) is 53.9 Å². The van der Waals surface area contributed by atoms with Gasteiger partial charge < -0.3 is 19.7 Å². The Kier molecular flexibility index (Phi) is 6.99. The first-order chi connectivity index (χ1) is 17.5. The van der Waals surface area contributed by atoms with E-state index in [9.17, 15) is 9.59 Å². The number of fused-ring (bicyclic) bond motifs is 3. The Morgan fingerprint density at radius 2 is 1.92 bits per heavy atom. The molecule has 36 heavy (non-hydrogen) atoms. The van der Waals surface area contributed by atoms with Crippen molar-refractivity contribution in [3.63, 3.8) is 0 Å². The maximum atomic E-state index is 13.9. The van der Waals surface area contributed by atoms with Crippen LogP contribution in [0.2, 0.25) is 0 Å². The number of carbonyl (C=O) groups is 1. The summed E-state index contributed by atoms with van der Waals surface area (Å²) in [6.07, 6.45) is 0.817. The molecule has 10 heteroatoms. The summed E-state index contributed by atoms with van der Waals surface area (Å²) in [7, 11) is 5.27. The number of hydrogen-bond acceptors (Lipinski definition) is 8. The summed E-state index contributed by atoms with van der Waals surface area (Å²) < 4.78 is 12.2. The number of hydrogen-bond donors (Lipinski definition) is 1. The molecule has 0 radical (unpaired) electrons. The topological polar surface area (TPSA) is 85.7 Å². The average molecular weight is 523 g/mol. The third kappa shape index (κ3) is 4.84. The van der Waals surface area contributed by atoms with Gasteiger partial charge in [0.2, 0.25) is 5.91 Å². The molecule has 1 aliphatic heterocycles. The van der Waals surface area contributed by atoms with Crippen LogP contribution in [-0.2, 0) is 17.8 Å². The average Bonchev–Trinajstić information content (AvgIpc) is 3.25. The molecule has 3 heterocycles. The van der Waals surface area contributed by atoms with Gasteiger partial charge in [0.05, 0.1) is 31.0 Å². The molecule has 8 nitrogen and oxygen atoms in total. The van der Waals surface area contributed by atoms with Crippen LogP contribution in [0.15, 0.2) is 58.5 Å². The van der Waals surface area contributed by atoms with Gasteiger partial charge in [0.1, 0.15) is 16.3 Å². The number of thioether (sulfide) groups is 1. The van der Waals surface area contributed by atoms with Crippen molar-refractivity contribution in [2.75, 3.05) is 38.9 Å². The van der Waals surface area contributed by atoms with Crippen molar-refractivity contribution in [3.8, 4) is 17.2 Å². The molecule has 0 unspecified atom stereocenters. The summed E-state index contributed by atoms with van der Waals surface area (Å²) in [5, 5.41) is 4.03. The van der Waals surface area contributed by atoms with E-state index in [-0.39, 0.29) is 17.2 Å². The van der Waals surface area contributed by atoms with E-state index in [2.05, 4.69) is 17.3 Å². The van der Waals surface area contributed by atoms with Gasteiger partial charge in [-0.2, -0.15) is 0 Å². The van der Waals surface area contributed by atoms with E-state index in [1.165, 1.54) is 16.6 Å². The summed E-state index contributed by atoms with van der Waals surface area (Å²) >= 11 is 2.80. The number of benzene rings is 2. The monoisotopic (exact) mass is 522 g/mol. The Balaban J connectivity index is 1.51. The van der Waals surface area contributed by atoms with Crippen molar-refractivity contribution >= 4 is 44.9 Å². The molecule has 4 aromatic rings. The fourth-order valence-corrected chi connectivity index (χ4v) is 6.38. The van der Waals surface area contributed by atoms with Crippen molar-refractivity contribution < 1.29 is 14.3 Å². The smallest absolute Gasteiger partial charge is 0.267 e. The molecule has 0 saturated heterocycles. The quantitative estimate of drug-likeness (QED) is 0.288. The molecule has 0 spiro atoms. The fourth-order valence-electron chi connectivity index (χ4n) is 4.23. The number of anilines is 1. The van der Waals surface area contributed by atoms with Gasteiger partial charge in [0, 0.05) is 29.7 Å². The van der Waals surface area contributed by atoms with Gasteiger partial charge in [-0.1, -0.05) is 17.8 Å². The molecule has 0 aliphatic carbocycles. The lowest BCUT2D eigenvalue weighted by Crippen LogP contribution is -2.27. The number of ether oxygens (including phenoxy) is 2. The predicted molar refractivity (Wildman–Crippen MR) is 144 cm³/mol. The van der Waals surface area contributed by atoms with Gasteiger partial charge in [-0.05, 0) is 55.4 Å². The Morgan fingerprint density at radius 1 is 1.14 bits per heavy atom. The second-order valence-electron chi connectivity index (χ2n) is 8.47. The minimum absolute atomic E-state index is 0.0990. The highest BCUT2D eigenvalue weighted by atomic mass is 32.2. The Hall–Kier alpha value is -3.34. The van der Waals surface area contributed by atoms with Crippen LogP contribution in [0.5, 0.6) is 11.5 Å². The van der Waals surface area contributed by atoms with E-state index in [1.807, 2.05) is 24.3 Å². The number of methoxy groups -OCH3 is 2. The number of aromatic nitrogens is 2. The molecule has 0 bridgehead atoms. The number of thiophene rings is 1. The minimum Gasteiger partial charge on any atom is -0.497 e. The number of nitrogens with one attached hydrogen (secondary N) is 1. The molecule has 1 aliphatic rings. The second-order valence-corrected chi connectivity index (χ2v) is 10.5. The predicted octanol–water partition coefficient (Wildman–Crippen LogP) is 4.18. The van der Waals surface area contributed by atoms with Crippen molar-refractivity contribution in [2.45, 2.75) is 18.1 Å². The lowest BCUT2D eigenvalue weighted by Gasteiger charge is -2.21. The van der Waals surface area contributed by atoms with Gasteiger partial charge in [0.15, 0.2) is 5.16 Å². The molecule has 1 N–H and O–H groups in total. The summed E-state index contributed by atoms with van der Waals surface area (Å²) in [5.41, 5.74) is 2.30. The highest BCUT2D eigenvalue weighted by Crippen LogP contribution is 2.34. The summed E-state index contributed by atoms with van der Waals surface area (Å²) in [6, 6.07) is 14.5. The molecule has 0 atom stereocenters. The van der Waals surface area contributed by atoms with Crippen LogP contribution < -0.4 is 20.3 Å². The third-order valence-corrected chi connectivity index (χ3v) is 8.10. The minimum atomic E-state index is -0.191. The van der Waals surface area contributed by atoms with E-state index in [1.54, 1.807) is 54.4 Å². The zero-order chi connectivity index (χ0) is 25.2. The van der Waals surface area contributed by atoms with E-state index >= 15 is 0 Å². The van der Waals surface area contributed by atoms with Crippen molar-refractivity contribution in [1.82, 2.24) is 14.5 Å². The molecule has 186 valence electrons. The molecule has 2 aromatic carbocycles. The lowest BCUT2D eigenvalue weighted by atomic mass is 10.1. The highest BCUT2D eigenvalue weighted by Gasteiger charge is 2.25. The summed E-state index contributed by atoms with van der Waals surface area (Å²) in [5.74, 6) is 1.26. The number of carbonyl (C=O) groups excluding carboxylic acids is 1. The number of amides is 1. The van der Waals surface area contributed by atoms with Crippen LogP contribution >= 0.6 is 23.1 Å². The van der Waals surface area contributed by atoms with E-state index in [4.69, 9.17) is 14.5 Å². The van der Waals surface area contributed by atoms with Gasteiger partial charge in [-0.25, -0.2) is 4.98 Å². The zero-order valence-electron chi connectivity index (χ0n) is 20.2. The molecule has 0 saturated carbocycles. The molecule has 2 aromatic heterocycles. The largest absolute Gasteiger partial charge is 0.497 e. The van der Waals surface area contributed by atoms with Crippen LogP contribution in [0.1, 0.15) is 10.4 Å². The normalized spacial score (nSPS) is 13.4. The maximum absolute atomic E-state index is 13.9. The van der Waals surface area contributed by atoms with Crippen LogP contribution in [0.4, 0.5) is 5.69 Å². The van der Waals surface area contributed by atoms with Crippen molar-refractivity contribution in [2.24, 2.45) is 0 Å². The zero-order valence-corrected chi connectivity index (χ0v) is 21.9. The molecule has 1 amide bonds. The van der Waals surface area contributed by atoms with Gasteiger partial charge in [0.25, 0.3) is 5.56 Å². The summed E-state index contributed by atoms with van der Waals surface area (Å²) in [6.45, 7) is 1.71. The Labute approximate surface area is 216 Å². The van der Waals surface area contributed by atoms with Gasteiger partial charge in [-0.15, -0.1) is 11.3 Å². The van der Waals surface area contributed by atoms with E-state index in [0.717, 1.165) is 29.9 Å². The lowest BCUT2D eigenvalue weighted by molar-refractivity contribution is -0.113. The SMILES string of the molecule is COc1ccc(NC(=O)CSc2nc3sc4c(c3c(=O)n2-c2cccc(OC)c2)CCN(C)C4)cc1. The Bertz CT molecular complexity index is 1480. The van der Waals surface area contributed by atoms with Crippen molar-refractivity contribution in [1.29, 1.82) is 0 Å². The molecular formula is C26H26N4O4S2. The van der Waals surface area contributed by atoms with Crippen LogP contribution in [0.25, 0.3) is 15.9 Å². The van der Waals surface area contributed by atoms with Crippen LogP contribution in [0.3, 0.4) is 0 Å². The standard InChI is InChI=1S/C26H26N4O4S2/c1-29-12-11-20-21(14-29)36-24-23(20)25(32)30(17-5-4-6-19(13-17)34-3)26(28-24)35-15-22(31)27-16-7-9-18(33-2)10-8-16/h4-10,13H,11-12,14-15H2,1-3H3,(H,27,31). The first-order valence-electron chi connectivity index (χ1n) is 11.4. The van der Waals surface area contributed by atoms with Crippen LogP contribution in [0, 0.1) is 0 Å². The molecular weight excluding hydrogens is 496 g/mol.